The number of rotatable bonds is 7. The number of hydrogen-bond donors (Lipinski definition) is 1. The van der Waals surface area contributed by atoms with Crippen molar-refractivity contribution in [2.75, 3.05) is 38.1 Å². The molecule has 0 aromatic heterocycles. The second kappa shape index (κ2) is 8.86. The van der Waals surface area contributed by atoms with E-state index < -0.39 is 0 Å². The molecular formula is C22H29N3O. The molecule has 4 heteroatoms. The standard InChI is InChI=1S/C22H29N3O/c1-18-8-6-7-9-20(18)16-24(2)17-22(26)23-14-19-12-13-25(15-19)21-10-4-3-5-11-21/h3-11,19H,12-17H2,1-2H3,(H,23,26). The van der Waals surface area contributed by atoms with Crippen LogP contribution in [0, 0.1) is 12.8 Å². The van der Waals surface area contributed by atoms with E-state index in [1.807, 2.05) is 19.2 Å². The van der Waals surface area contributed by atoms with Crippen LogP contribution in [-0.2, 0) is 11.3 Å². The summed E-state index contributed by atoms with van der Waals surface area (Å²) in [6.45, 7) is 6.19. The third-order valence-electron chi connectivity index (χ3n) is 5.11. The summed E-state index contributed by atoms with van der Waals surface area (Å²) in [5.74, 6) is 0.639. The molecule has 1 heterocycles. The quantitative estimate of drug-likeness (QED) is 0.833. The number of nitrogens with one attached hydrogen (secondary N) is 1. The highest BCUT2D eigenvalue weighted by molar-refractivity contribution is 5.78. The third-order valence-corrected chi connectivity index (χ3v) is 5.11. The number of nitrogens with zero attached hydrogens (tertiary/aromatic N) is 2. The molecule has 138 valence electrons. The van der Waals surface area contributed by atoms with E-state index in [-0.39, 0.29) is 5.91 Å². The fourth-order valence-corrected chi connectivity index (χ4v) is 3.57. The maximum Gasteiger partial charge on any atom is 0.234 e. The monoisotopic (exact) mass is 351 g/mol. The first kappa shape index (κ1) is 18.5. The Labute approximate surface area is 156 Å². The van der Waals surface area contributed by atoms with Gasteiger partial charge in [-0.15, -0.1) is 0 Å². The fraction of sp³-hybridized carbons (Fsp3) is 0.409. The van der Waals surface area contributed by atoms with Crippen LogP contribution in [0.2, 0.25) is 0 Å². The van der Waals surface area contributed by atoms with Crippen LogP contribution in [0.3, 0.4) is 0 Å². The SMILES string of the molecule is Cc1ccccc1CN(C)CC(=O)NCC1CCN(c2ccccc2)C1. The second-order valence-corrected chi connectivity index (χ2v) is 7.34. The van der Waals surface area contributed by atoms with Crippen molar-refractivity contribution in [3.05, 3.63) is 65.7 Å². The zero-order valence-corrected chi connectivity index (χ0v) is 15.8. The Hall–Kier alpha value is -2.33. The number of amides is 1. The van der Waals surface area contributed by atoms with Crippen LogP contribution < -0.4 is 10.2 Å². The van der Waals surface area contributed by atoms with Gasteiger partial charge in [-0.05, 0) is 49.6 Å². The Balaban J connectivity index is 1.40. The molecule has 1 fully saturated rings. The summed E-state index contributed by atoms with van der Waals surface area (Å²) in [4.78, 5) is 16.7. The van der Waals surface area contributed by atoms with Crippen molar-refractivity contribution in [1.82, 2.24) is 10.2 Å². The van der Waals surface area contributed by atoms with Crippen molar-refractivity contribution in [2.45, 2.75) is 19.9 Å². The van der Waals surface area contributed by atoms with Crippen LogP contribution in [0.15, 0.2) is 54.6 Å². The van der Waals surface area contributed by atoms with Gasteiger partial charge in [-0.1, -0.05) is 42.5 Å². The molecule has 0 saturated carbocycles. The average molecular weight is 351 g/mol. The molecule has 0 bridgehead atoms. The van der Waals surface area contributed by atoms with Gasteiger partial charge in [0.25, 0.3) is 0 Å². The Morgan fingerprint density at radius 3 is 2.65 bits per heavy atom. The number of aryl methyl sites for hydroxylation is 1. The predicted octanol–water partition coefficient (Wildman–Crippen LogP) is 3.07. The Morgan fingerprint density at radius 2 is 1.88 bits per heavy atom. The van der Waals surface area contributed by atoms with Crippen molar-refractivity contribution in [2.24, 2.45) is 5.92 Å². The van der Waals surface area contributed by atoms with E-state index in [2.05, 4.69) is 64.5 Å². The van der Waals surface area contributed by atoms with Crippen molar-refractivity contribution in [3.8, 4) is 0 Å². The Kier molecular flexibility index (Phi) is 6.29. The molecule has 0 aliphatic carbocycles. The van der Waals surface area contributed by atoms with Crippen LogP contribution in [0.4, 0.5) is 5.69 Å². The molecular weight excluding hydrogens is 322 g/mol. The van der Waals surface area contributed by atoms with Gasteiger partial charge in [0.1, 0.15) is 0 Å². The predicted molar refractivity (Wildman–Crippen MR) is 107 cm³/mol. The normalized spacial score (nSPS) is 16.9. The zero-order valence-electron chi connectivity index (χ0n) is 15.8. The highest BCUT2D eigenvalue weighted by atomic mass is 16.2. The van der Waals surface area contributed by atoms with E-state index in [1.165, 1.54) is 16.8 Å². The molecule has 2 aromatic carbocycles. The summed E-state index contributed by atoms with van der Waals surface area (Å²) >= 11 is 0. The molecule has 26 heavy (non-hydrogen) atoms. The van der Waals surface area contributed by atoms with E-state index in [4.69, 9.17) is 0 Å². The Morgan fingerprint density at radius 1 is 1.15 bits per heavy atom. The van der Waals surface area contributed by atoms with Crippen LogP contribution in [0.25, 0.3) is 0 Å². The van der Waals surface area contributed by atoms with Crippen molar-refractivity contribution >= 4 is 11.6 Å². The maximum absolute atomic E-state index is 12.3. The van der Waals surface area contributed by atoms with Gasteiger partial charge < -0.3 is 10.2 Å². The number of anilines is 1. The van der Waals surface area contributed by atoms with Gasteiger partial charge in [0.2, 0.25) is 5.91 Å². The first-order valence-electron chi connectivity index (χ1n) is 9.41. The molecule has 2 aromatic rings. The molecule has 1 amide bonds. The summed E-state index contributed by atoms with van der Waals surface area (Å²) < 4.78 is 0. The first-order chi connectivity index (χ1) is 12.6. The largest absolute Gasteiger partial charge is 0.371 e. The van der Waals surface area contributed by atoms with Crippen molar-refractivity contribution < 1.29 is 4.79 Å². The van der Waals surface area contributed by atoms with Gasteiger partial charge in [-0.25, -0.2) is 0 Å². The molecule has 1 unspecified atom stereocenters. The van der Waals surface area contributed by atoms with Crippen LogP contribution in [0.5, 0.6) is 0 Å². The number of carbonyl (C=O) groups excluding carboxylic acids is 1. The van der Waals surface area contributed by atoms with E-state index in [1.54, 1.807) is 0 Å². The lowest BCUT2D eigenvalue weighted by Crippen LogP contribution is -2.38. The topological polar surface area (TPSA) is 35.6 Å². The molecule has 3 rings (SSSR count). The summed E-state index contributed by atoms with van der Waals surface area (Å²) in [6, 6.07) is 18.8. The van der Waals surface area contributed by atoms with Crippen LogP contribution in [-0.4, -0.2) is 44.0 Å². The average Bonchev–Trinajstić information content (AvgIpc) is 3.12. The van der Waals surface area contributed by atoms with Crippen LogP contribution >= 0.6 is 0 Å². The molecule has 1 atom stereocenters. The molecule has 1 N–H and O–H groups in total. The minimum atomic E-state index is 0.110. The molecule has 4 nitrogen and oxygen atoms in total. The lowest BCUT2D eigenvalue weighted by Gasteiger charge is -2.20. The lowest BCUT2D eigenvalue weighted by molar-refractivity contribution is -0.122. The third kappa shape index (κ3) is 5.09. The van der Waals surface area contributed by atoms with Gasteiger partial charge in [0.15, 0.2) is 0 Å². The smallest absolute Gasteiger partial charge is 0.234 e. The molecule has 0 radical (unpaired) electrons. The number of likely N-dealkylation sites (N-methyl/N-ethyl adjacent to an activating group) is 1. The van der Waals surface area contributed by atoms with Gasteiger partial charge in [0.05, 0.1) is 6.54 Å². The summed E-state index contributed by atoms with van der Waals surface area (Å²) in [5.41, 5.74) is 3.82. The highest BCUT2D eigenvalue weighted by Crippen LogP contribution is 2.22. The van der Waals surface area contributed by atoms with Gasteiger partial charge in [-0.3, -0.25) is 9.69 Å². The minimum Gasteiger partial charge on any atom is -0.371 e. The number of benzene rings is 2. The Bertz CT molecular complexity index is 716. The first-order valence-corrected chi connectivity index (χ1v) is 9.41. The van der Waals surface area contributed by atoms with E-state index >= 15 is 0 Å². The zero-order chi connectivity index (χ0) is 18.4. The number of carbonyl (C=O) groups is 1. The van der Waals surface area contributed by atoms with Crippen LogP contribution in [0.1, 0.15) is 17.5 Å². The van der Waals surface area contributed by atoms with Gasteiger partial charge in [0, 0.05) is 31.9 Å². The lowest BCUT2D eigenvalue weighted by atomic mass is 10.1. The van der Waals surface area contributed by atoms with E-state index in [0.29, 0.717) is 12.5 Å². The van der Waals surface area contributed by atoms with E-state index in [9.17, 15) is 4.79 Å². The second-order valence-electron chi connectivity index (χ2n) is 7.34. The van der Waals surface area contributed by atoms with Crippen molar-refractivity contribution in [1.29, 1.82) is 0 Å². The molecule has 1 aliphatic rings. The van der Waals surface area contributed by atoms with Gasteiger partial charge >= 0.3 is 0 Å². The fourth-order valence-electron chi connectivity index (χ4n) is 3.57. The molecule has 1 saturated heterocycles. The van der Waals surface area contributed by atoms with E-state index in [0.717, 1.165) is 32.6 Å². The summed E-state index contributed by atoms with van der Waals surface area (Å²) in [7, 11) is 2.00. The van der Waals surface area contributed by atoms with Gasteiger partial charge in [-0.2, -0.15) is 0 Å². The molecule has 1 aliphatic heterocycles. The summed E-state index contributed by atoms with van der Waals surface area (Å²) in [5, 5.41) is 3.12. The number of hydrogen-bond acceptors (Lipinski definition) is 3. The summed E-state index contributed by atoms with van der Waals surface area (Å²) in [6.07, 6.45) is 1.13. The maximum atomic E-state index is 12.3. The molecule has 0 spiro atoms. The number of para-hydroxylation sites is 1. The van der Waals surface area contributed by atoms with Crippen molar-refractivity contribution in [3.63, 3.8) is 0 Å². The highest BCUT2D eigenvalue weighted by Gasteiger charge is 2.23. The minimum absolute atomic E-state index is 0.110.